The van der Waals surface area contributed by atoms with Crippen molar-refractivity contribution in [1.82, 2.24) is 0 Å². The summed E-state index contributed by atoms with van der Waals surface area (Å²) >= 11 is -2.85. The second-order valence-electron chi connectivity index (χ2n) is 6.18. The van der Waals surface area contributed by atoms with Crippen LogP contribution in [0, 0.1) is 0 Å². The molecule has 1 heteroatoms. The van der Waals surface area contributed by atoms with Gasteiger partial charge in [-0.2, -0.15) is 0 Å². The van der Waals surface area contributed by atoms with Crippen LogP contribution < -0.4 is 10.7 Å². The summed E-state index contributed by atoms with van der Waals surface area (Å²) < 4.78 is 5.77. The average Bonchev–Trinajstić information content (AvgIpc) is 3.44. The fourth-order valence-electron chi connectivity index (χ4n) is 3.83. The Bertz CT molecular complexity index is 634. The van der Waals surface area contributed by atoms with Gasteiger partial charge >= 0.3 is 137 Å². The molecule has 3 aromatic rings. The third kappa shape index (κ3) is 2.30. The molecule has 108 valence electrons. The van der Waals surface area contributed by atoms with Gasteiger partial charge in [0.15, 0.2) is 0 Å². The number of hydrogen-bond donors (Lipinski definition) is 0. The standard InChI is InChI=1S/3C6H5.C3H5.Sn/c3*1-2-4-6-5-3-1;1-2-3-1;/h3*1-5H;1H,2-3H2;. The van der Waals surface area contributed by atoms with Gasteiger partial charge in [-0.15, -0.1) is 0 Å². The van der Waals surface area contributed by atoms with Crippen molar-refractivity contribution in [3.05, 3.63) is 91.0 Å². The van der Waals surface area contributed by atoms with Crippen LogP contribution >= 0.6 is 0 Å². The van der Waals surface area contributed by atoms with Crippen molar-refractivity contribution in [2.24, 2.45) is 0 Å². The van der Waals surface area contributed by atoms with Gasteiger partial charge in [-0.25, -0.2) is 0 Å². The predicted octanol–water partition coefficient (Wildman–Crippen LogP) is 3.32. The fourth-order valence-corrected chi connectivity index (χ4v) is 19.8. The van der Waals surface area contributed by atoms with E-state index in [1.54, 1.807) is 10.7 Å². The van der Waals surface area contributed by atoms with Crippen LogP contribution in [-0.4, -0.2) is 18.4 Å². The van der Waals surface area contributed by atoms with Crippen molar-refractivity contribution < 1.29 is 0 Å². The molecule has 0 bridgehead atoms. The van der Waals surface area contributed by atoms with E-state index < -0.39 is 18.4 Å². The van der Waals surface area contributed by atoms with Crippen LogP contribution in [-0.2, 0) is 0 Å². The molecule has 3 aromatic carbocycles. The molecule has 4 rings (SSSR count). The summed E-state index contributed by atoms with van der Waals surface area (Å²) in [4.78, 5) is 0. The maximum atomic E-state index is 2.38. The van der Waals surface area contributed by atoms with Crippen LogP contribution in [0.15, 0.2) is 91.0 Å². The summed E-state index contributed by atoms with van der Waals surface area (Å²) in [5, 5.41) is 0. The molecule has 0 unspecified atom stereocenters. The molecule has 0 nitrogen and oxygen atoms in total. The van der Waals surface area contributed by atoms with Crippen LogP contribution in [0.5, 0.6) is 0 Å². The third-order valence-electron chi connectivity index (χ3n) is 4.88. The molecule has 0 heterocycles. The van der Waals surface area contributed by atoms with Crippen molar-refractivity contribution in [1.29, 1.82) is 0 Å². The van der Waals surface area contributed by atoms with E-state index in [1.165, 1.54) is 12.8 Å². The number of hydrogen-bond acceptors (Lipinski definition) is 0. The van der Waals surface area contributed by atoms with Gasteiger partial charge in [0, 0.05) is 0 Å². The van der Waals surface area contributed by atoms with Crippen molar-refractivity contribution in [3.8, 4) is 0 Å². The first-order chi connectivity index (χ1) is 10.9. The minimum absolute atomic E-state index is 0.904. The zero-order chi connectivity index (χ0) is 14.8. The minimum atomic E-state index is -2.85. The summed E-state index contributed by atoms with van der Waals surface area (Å²) in [6.07, 6.45) is 2.80. The van der Waals surface area contributed by atoms with Crippen LogP contribution in [0.1, 0.15) is 12.8 Å². The molecule has 0 aliphatic heterocycles. The van der Waals surface area contributed by atoms with Gasteiger partial charge < -0.3 is 0 Å². The van der Waals surface area contributed by atoms with E-state index in [9.17, 15) is 0 Å². The molecule has 1 saturated carbocycles. The zero-order valence-corrected chi connectivity index (χ0v) is 15.5. The molecule has 1 aliphatic carbocycles. The van der Waals surface area contributed by atoms with Crippen molar-refractivity contribution in [2.45, 2.75) is 16.8 Å². The predicted molar refractivity (Wildman–Crippen MR) is 97.0 cm³/mol. The molecule has 0 radical (unpaired) electrons. The van der Waals surface area contributed by atoms with E-state index >= 15 is 0 Å². The molecule has 22 heavy (non-hydrogen) atoms. The topological polar surface area (TPSA) is 0 Å². The van der Waals surface area contributed by atoms with Crippen LogP contribution in [0.4, 0.5) is 0 Å². The second-order valence-corrected chi connectivity index (χ2v) is 18.1. The average molecular weight is 391 g/mol. The Kier molecular flexibility index (Phi) is 3.79. The Morgan fingerprint density at radius 1 is 0.500 bits per heavy atom. The van der Waals surface area contributed by atoms with E-state index in [0.29, 0.717) is 0 Å². The van der Waals surface area contributed by atoms with E-state index in [0.717, 1.165) is 3.93 Å². The molecule has 0 N–H and O–H groups in total. The summed E-state index contributed by atoms with van der Waals surface area (Å²) in [6, 6.07) is 34.0. The Labute approximate surface area is 136 Å². The first kappa shape index (κ1) is 14.1. The third-order valence-corrected chi connectivity index (χ3v) is 20.7. The molecular weight excluding hydrogens is 371 g/mol. The monoisotopic (exact) mass is 392 g/mol. The second kappa shape index (κ2) is 5.92. The maximum absolute atomic E-state index is 2.85. The Balaban J connectivity index is 2.02. The van der Waals surface area contributed by atoms with Gasteiger partial charge in [0.25, 0.3) is 0 Å². The van der Waals surface area contributed by atoms with Crippen LogP contribution in [0.3, 0.4) is 0 Å². The van der Waals surface area contributed by atoms with Crippen molar-refractivity contribution in [2.75, 3.05) is 0 Å². The van der Waals surface area contributed by atoms with Gasteiger partial charge in [-0.1, -0.05) is 0 Å². The van der Waals surface area contributed by atoms with Crippen molar-refractivity contribution >= 4 is 29.1 Å². The molecule has 0 saturated heterocycles. The van der Waals surface area contributed by atoms with E-state index in [1.807, 2.05) is 0 Å². The summed E-state index contributed by atoms with van der Waals surface area (Å²) in [7, 11) is 0. The number of benzene rings is 3. The molecule has 1 aliphatic rings. The Morgan fingerprint density at radius 3 is 1.09 bits per heavy atom. The van der Waals surface area contributed by atoms with Gasteiger partial charge in [-0.05, 0) is 0 Å². The summed E-state index contributed by atoms with van der Waals surface area (Å²) in [5.74, 6) is 0. The normalized spacial score (nSPS) is 14.7. The molecular formula is C21H20Sn. The Hall–Kier alpha value is -1.54. The number of rotatable bonds is 4. The van der Waals surface area contributed by atoms with Crippen LogP contribution in [0.2, 0.25) is 3.93 Å². The zero-order valence-electron chi connectivity index (χ0n) is 12.7. The van der Waals surface area contributed by atoms with Gasteiger partial charge in [0.05, 0.1) is 0 Å². The molecule has 0 aromatic heterocycles. The Morgan fingerprint density at radius 2 is 0.818 bits per heavy atom. The fraction of sp³-hybridized carbons (Fsp3) is 0.143. The first-order valence-electron chi connectivity index (χ1n) is 8.09. The van der Waals surface area contributed by atoms with Gasteiger partial charge in [0.1, 0.15) is 0 Å². The van der Waals surface area contributed by atoms with E-state index in [2.05, 4.69) is 91.0 Å². The first-order valence-corrected chi connectivity index (χ1v) is 14.0. The molecule has 0 spiro atoms. The summed E-state index contributed by atoms with van der Waals surface area (Å²) in [5.41, 5.74) is 0. The molecule has 0 atom stereocenters. The van der Waals surface area contributed by atoms with Crippen LogP contribution in [0.25, 0.3) is 0 Å². The molecule has 1 fully saturated rings. The molecule has 0 amide bonds. The quantitative estimate of drug-likeness (QED) is 0.599. The van der Waals surface area contributed by atoms with Crippen molar-refractivity contribution in [3.63, 3.8) is 0 Å². The van der Waals surface area contributed by atoms with E-state index in [4.69, 9.17) is 0 Å². The van der Waals surface area contributed by atoms with Gasteiger partial charge in [-0.3, -0.25) is 0 Å². The van der Waals surface area contributed by atoms with Gasteiger partial charge in [0.2, 0.25) is 0 Å². The van der Waals surface area contributed by atoms with E-state index in [-0.39, 0.29) is 0 Å². The summed E-state index contributed by atoms with van der Waals surface area (Å²) in [6.45, 7) is 0. The SMILES string of the molecule is c1cc[c]([Sn]([c]2ccccc2)([c]2ccccc2)[CH]2CC2)cc1.